The van der Waals surface area contributed by atoms with Crippen LogP contribution in [0.25, 0.3) is 0 Å². The van der Waals surface area contributed by atoms with Crippen LogP contribution in [0.5, 0.6) is 0 Å². The maximum Gasteiger partial charge on any atom is -2.00 e. The first kappa shape index (κ1) is 27.4. The average molecular weight is 512 g/mol. The second-order valence-corrected chi connectivity index (χ2v) is 23.1. The molecule has 0 aromatic heterocycles. The maximum absolute atomic E-state index is 2.34. The molecule has 0 heterocycles. The first-order chi connectivity index (χ1) is 9.69. The van der Waals surface area contributed by atoms with Crippen molar-refractivity contribution in [1.82, 2.24) is 0 Å². The van der Waals surface area contributed by atoms with Crippen LogP contribution in [-0.4, -0.2) is 39.5 Å². The fourth-order valence-electron chi connectivity index (χ4n) is 2.87. The molecule has 0 aliphatic carbocycles. The monoisotopic (exact) mass is 514 g/mol. The largest absolute Gasteiger partial charge is 2.00 e. The van der Waals surface area contributed by atoms with Crippen LogP contribution in [0.2, 0.25) is 26.6 Å². The topological polar surface area (TPSA) is 28.5 Å². The van der Waals surface area contributed by atoms with Crippen LogP contribution in [0, 0.1) is 0 Å². The third-order valence-electron chi connectivity index (χ3n) is 3.62. The molecule has 0 aliphatic heterocycles. The molecule has 0 aromatic carbocycles. The van der Waals surface area contributed by atoms with Gasteiger partial charge >= 0.3 is 146 Å². The molecule has 0 bridgehead atoms. The Labute approximate surface area is 150 Å². The van der Waals surface area contributed by atoms with Gasteiger partial charge in [-0.25, -0.2) is 0 Å². The summed E-state index contributed by atoms with van der Waals surface area (Å²) in [5, 5.41) is 0. The Kier molecular flexibility index (Phi) is 31.1. The van der Waals surface area contributed by atoms with E-state index in [0.29, 0.717) is 0 Å². The molecule has 21 heavy (non-hydrogen) atoms. The van der Waals surface area contributed by atoms with Gasteiger partial charge in [-0.05, 0) is 0 Å². The molecule has 128 valence electrons. The van der Waals surface area contributed by atoms with Crippen LogP contribution >= 0.6 is 0 Å². The summed E-state index contributed by atoms with van der Waals surface area (Å²) in [6, 6.07) is 0. The molecule has 1 nitrogen and oxygen atoms in total. The van der Waals surface area contributed by atoms with E-state index in [1.807, 2.05) is 0 Å². The number of hydrogen-bond acceptors (Lipinski definition) is 0. The van der Waals surface area contributed by atoms with E-state index in [1.54, 1.807) is 26.6 Å². The van der Waals surface area contributed by atoms with Gasteiger partial charge in [-0.3, -0.25) is 0 Å². The van der Waals surface area contributed by atoms with Crippen molar-refractivity contribution in [1.29, 1.82) is 0 Å². The second kappa shape index (κ2) is 23.8. The Morgan fingerprint density at radius 3 is 0.619 bits per heavy atom. The molecule has 0 unspecified atom stereocenters. The van der Waals surface area contributed by atoms with Gasteiger partial charge in [-0.2, -0.15) is 0 Å². The minimum atomic E-state index is -0.759. The van der Waals surface area contributed by atoms with Gasteiger partial charge in [0.05, 0.1) is 0 Å². The quantitative estimate of drug-likeness (QED) is 0.246. The molecule has 0 N–H and O–H groups in total. The van der Waals surface area contributed by atoms with Gasteiger partial charge in [0.15, 0.2) is 0 Å². The van der Waals surface area contributed by atoms with Gasteiger partial charge in [0.1, 0.15) is 0 Å². The molecule has 3 heteroatoms. The van der Waals surface area contributed by atoms with Crippen molar-refractivity contribution < 1.29 is 5.48 Å². The molecule has 0 aliphatic rings. The van der Waals surface area contributed by atoms with Crippen LogP contribution in [0.4, 0.5) is 0 Å². The van der Waals surface area contributed by atoms with Gasteiger partial charge < -0.3 is 5.48 Å². The summed E-state index contributed by atoms with van der Waals surface area (Å²) in [5.74, 6) is 0. The Hall–Kier alpha value is 1.56. The normalized spacial score (nSPS) is 9.43. The molecule has 0 rings (SSSR count). The van der Waals surface area contributed by atoms with E-state index < -0.39 is 39.5 Å². The van der Waals surface area contributed by atoms with E-state index in [0.717, 1.165) is 0 Å². The summed E-state index contributed by atoms with van der Waals surface area (Å²) in [7, 11) is 0. The molecule has 0 spiro atoms. The van der Waals surface area contributed by atoms with Crippen LogP contribution in [0.1, 0.15) is 80.1 Å². The zero-order chi connectivity index (χ0) is 15.6. The molecule has 0 atom stereocenters. The molecule has 0 amide bonds. The minimum absolute atomic E-state index is 0. The predicted molar refractivity (Wildman–Crippen MR) is 103 cm³/mol. The standard InChI is InChI=1S/6C3H7.O.2Sn/c6*1-3-2;;;/h6*1,3H2,2H3;;;/q;;;;;;-2;2*+1. The molecule has 0 saturated heterocycles. The van der Waals surface area contributed by atoms with Crippen molar-refractivity contribution in [2.75, 3.05) is 0 Å². The Balaban J connectivity index is -0.000000295. The summed E-state index contributed by atoms with van der Waals surface area (Å²) in [4.78, 5) is 0. The SMILES string of the molecule is CC[CH2][Sn+]([CH2]CC)[CH2]CC.CC[CH2][Sn+]([CH2]CC)[CH2]CC.[O-2]. The van der Waals surface area contributed by atoms with Gasteiger partial charge in [0.2, 0.25) is 0 Å². The van der Waals surface area contributed by atoms with Gasteiger partial charge in [0.25, 0.3) is 0 Å². The molecular weight excluding hydrogens is 470 g/mol. The van der Waals surface area contributed by atoms with Crippen LogP contribution in [0.3, 0.4) is 0 Å². The van der Waals surface area contributed by atoms with E-state index in [1.165, 1.54) is 38.5 Å². The number of rotatable bonds is 12. The third kappa shape index (κ3) is 21.6. The number of hydrogen-bond donors (Lipinski definition) is 0. The van der Waals surface area contributed by atoms with E-state index in [4.69, 9.17) is 0 Å². The summed E-state index contributed by atoms with van der Waals surface area (Å²) in [6.45, 7) is 14.0. The Morgan fingerprint density at radius 2 is 0.524 bits per heavy atom. The molecule has 0 fully saturated rings. The van der Waals surface area contributed by atoms with E-state index >= 15 is 0 Å². The van der Waals surface area contributed by atoms with Gasteiger partial charge in [0, 0.05) is 0 Å². The van der Waals surface area contributed by atoms with E-state index in [2.05, 4.69) is 41.5 Å². The Morgan fingerprint density at radius 1 is 0.381 bits per heavy atom. The fourth-order valence-corrected chi connectivity index (χ4v) is 19.3. The summed E-state index contributed by atoms with van der Waals surface area (Å²) < 4.78 is 9.86. The average Bonchev–Trinajstić information content (AvgIpc) is 2.41. The first-order valence-electron chi connectivity index (χ1n) is 9.36. The van der Waals surface area contributed by atoms with Crippen molar-refractivity contribution >= 4 is 39.5 Å². The van der Waals surface area contributed by atoms with Crippen molar-refractivity contribution in [2.24, 2.45) is 0 Å². The summed E-state index contributed by atoms with van der Waals surface area (Å²) in [6.07, 6.45) is 8.72. The Bertz CT molecular complexity index is 119. The molecular formula is C18H42OSn2. The van der Waals surface area contributed by atoms with Crippen molar-refractivity contribution in [2.45, 2.75) is 107 Å². The van der Waals surface area contributed by atoms with Crippen molar-refractivity contribution in [3.8, 4) is 0 Å². The maximum atomic E-state index is 2.34. The smallest absolute Gasteiger partial charge is 2.00 e. The van der Waals surface area contributed by atoms with Crippen molar-refractivity contribution in [3.05, 3.63) is 0 Å². The van der Waals surface area contributed by atoms with E-state index in [9.17, 15) is 0 Å². The fraction of sp³-hybridized carbons (Fsp3) is 1.00. The summed E-state index contributed by atoms with van der Waals surface area (Å²) in [5.41, 5.74) is 0. The summed E-state index contributed by atoms with van der Waals surface area (Å²) >= 11 is -1.52. The van der Waals surface area contributed by atoms with E-state index in [-0.39, 0.29) is 5.48 Å². The second-order valence-electron chi connectivity index (χ2n) is 6.00. The zero-order valence-electron chi connectivity index (χ0n) is 15.9. The molecule has 0 radical (unpaired) electrons. The minimum Gasteiger partial charge on any atom is -2.00 e. The third-order valence-corrected chi connectivity index (χ3v) is 24.3. The van der Waals surface area contributed by atoms with Crippen LogP contribution in [0.15, 0.2) is 0 Å². The molecule has 0 saturated carbocycles. The van der Waals surface area contributed by atoms with Crippen molar-refractivity contribution in [3.63, 3.8) is 0 Å². The first-order valence-corrected chi connectivity index (χ1v) is 21.5. The van der Waals surface area contributed by atoms with Crippen LogP contribution in [-0.2, 0) is 5.48 Å². The predicted octanol–water partition coefficient (Wildman–Crippen LogP) is 7.30. The van der Waals surface area contributed by atoms with Gasteiger partial charge in [-0.1, -0.05) is 0 Å². The molecule has 0 aromatic rings. The zero-order valence-corrected chi connectivity index (χ0v) is 21.6. The van der Waals surface area contributed by atoms with Crippen LogP contribution < -0.4 is 0 Å². The van der Waals surface area contributed by atoms with Gasteiger partial charge in [-0.15, -0.1) is 0 Å².